The first-order chi connectivity index (χ1) is 16.5. The summed E-state index contributed by atoms with van der Waals surface area (Å²) in [5.41, 5.74) is 0.0688. The first-order valence-corrected chi connectivity index (χ1v) is 12.4. The van der Waals surface area contributed by atoms with E-state index in [2.05, 4.69) is 47.1 Å². The first kappa shape index (κ1) is 27.8. The number of nitro groups is 1. The zero-order valence-electron chi connectivity index (χ0n) is 19.1. The van der Waals surface area contributed by atoms with Crippen molar-refractivity contribution in [3.63, 3.8) is 0 Å². The second-order valence-electron chi connectivity index (χ2n) is 8.42. The van der Waals surface area contributed by atoms with E-state index in [1.807, 2.05) is 6.92 Å². The molecule has 0 unspecified atom stereocenters. The van der Waals surface area contributed by atoms with Crippen LogP contribution < -0.4 is 14.8 Å². The number of halogens is 2. The zero-order chi connectivity index (χ0) is 25.5. The van der Waals surface area contributed by atoms with E-state index in [1.165, 1.54) is 6.20 Å². The summed E-state index contributed by atoms with van der Waals surface area (Å²) in [5, 5.41) is 14.0. The molecule has 3 aliphatic rings. The number of carbonyl (C=O) groups excluding carboxylic acids is 2. The first-order valence-electron chi connectivity index (χ1n) is 10.8. The minimum Gasteiger partial charge on any atom is -0.463 e. The molecule has 1 aliphatic heterocycles. The van der Waals surface area contributed by atoms with Gasteiger partial charge in [-0.2, -0.15) is 0 Å². The third kappa shape index (κ3) is 5.17. The predicted octanol–water partition coefficient (Wildman–Crippen LogP) is 5.19. The maximum atomic E-state index is 11.8. The third-order valence-electron chi connectivity index (χ3n) is 5.93. The molecule has 13 heteroatoms. The minimum atomic E-state index is -1.12. The lowest BCUT2D eigenvalue weighted by Gasteiger charge is -2.25. The van der Waals surface area contributed by atoms with Crippen LogP contribution in [0, 0.1) is 24.0 Å². The molecule has 5 rings (SSSR count). The summed E-state index contributed by atoms with van der Waals surface area (Å²) in [5.74, 6) is -0.163. The van der Waals surface area contributed by atoms with Crippen LogP contribution in [0.25, 0.3) is 0 Å². The van der Waals surface area contributed by atoms with Gasteiger partial charge >= 0.3 is 11.7 Å². The molecular weight excluding hydrogens is 604 g/mol. The molecule has 0 atom stereocenters. The molecule has 3 heterocycles. The van der Waals surface area contributed by atoms with Crippen LogP contribution in [0.2, 0.25) is 0 Å². The number of esters is 1. The predicted molar refractivity (Wildman–Crippen MR) is 137 cm³/mol. The summed E-state index contributed by atoms with van der Waals surface area (Å²) in [4.78, 5) is 42.2. The number of hydrogen-bond acceptors (Lipinski definition) is 9. The van der Waals surface area contributed by atoms with Crippen molar-refractivity contribution in [2.45, 2.75) is 65.1 Å². The lowest BCUT2D eigenvalue weighted by Crippen LogP contribution is -2.39. The van der Waals surface area contributed by atoms with Crippen molar-refractivity contribution in [1.82, 2.24) is 9.97 Å². The van der Waals surface area contributed by atoms with Gasteiger partial charge in [0.05, 0.1) is 11.5 Å². The average Bonchev–Trinajstić information content (AvgIpc) is 3.73. The number of anilines is 1. The number of fused-ring (bicyclic) bond motifs is 1. The monoisotopic (exact) mass is 628 g/mol. The molecule has 0 radical (unpaired) electrons. The van der Waals surface area contributed by atoms with Gasteiger partial charge in [-0.25, -0.2) is 14.8 Å². The molecule has 1 spiro atoms. The molecule has 2 aromatic heterocycles. The molecule has 2 aliphatic carbocycles. The SMILES string of the molecule is C.CCOC(=O)C1(Oc2ncc(Br)c(C)c2[N+](=O)[O-])CC1.Cc1c(Br)cnc2c1NC(=O)C1(CC1)O2. The van der Waals surface area contributed by atoms with Crippen molar-refractivity contribution in [3.05, 3.63) is 42.6 Å². The van der Waals surface area contributed by atoms with E-state index in [-0.39, 0.29) is 31.5 Å². The van der Waals surface area contributed by atoms with E-state index in [9.17, 15) is 19.7 Å². The van der Waals surface area contributed by atoms with Crippen LogP contribution in [0.5, 0.6) is 11.8 Å². The van der Waals surface area contributed by atoms with Crippen LogP contribution in [-0.2, 0) is 14.3 Å². The standard InChI is InChI=1S/C12H13BrN2O5.C10H9BrN2O2.CH4/c1-3-19-11(16)12(4-5-12)20-10-9(15(17)18)7(2)8(13)6-14-10;1-5-6(11)4-12-8-7(5)13-9(14)10(15-8)2-3-10;/h6H,3-5H2,1-2H3;4H,2-3H2,1H3,(H,13,14);1H4. The molecular formula is C23H26Br2N4O7. The number of amides is 1. The zero-order valence-corrected chi connectivity index (χ0v) is 22.3. The average molecular weight is 630 g/mol. The number of hydrogen-bond donors (Lipinski definition) is 1. The normalized spacial score (nSPS) is 17.2. The van der Waals surface area contributed by atoms with E-state index in [0.29, 0.717) is 34.4 Å². The maximum absolute atomic E-state index is 11.8. The Hall–Kier alpha value is -2.80. The lowest BCUT2D eigenvalue weighted by molar-refractivity contribution is -0.387. The van der Waals surface area contributed by atoms with Gasteiger partial charge in [0.2, 0.25) is 11.5 Å². The quantitative estimate of drug-likeness (QED) is 0.268. The second-order valence-corrected chi connectivity index (χ2v) is 10.1. The van der Waals surface area contributed by atoms with Gasteiger partial charge in [0, 0.05) is 52.6 Å². The molecule has 2 saturated carbocycles. The van der Waals surface area contributed by atoms with E-state index in [0.717, 1.165) is 22.9 Å². The fourth-order valence-electron chi connectivity index (χ4n) is 3.43. The highest BCUT2D eigenvalue weighted by molar-refractivity contribution is 9.10. The fraction of sp³-hybridized carbons (Fsp3) is 0.478. The number of ether oxygens (including phenoxy) is 3. The molecule has 0 bridgehead atoms. The Bertz CT molecular complexity index is 1230. The van der Waals surface area contributed by atoms with Gasteiger partial charge in [-0.1, -0.05) is 7.43 Å². The number of pyridine rings is 2. The molecule has 0 saturated heterocycles. The van der Waals surface area contributed by atoms with E-state index < -0.39 is 22.1 Å². The second kappa shape index (κ2) is 10.3. The molecule has 194 valence electrons. The van der Waals surface area contributed by atoms with Crippen LogP contribution in [0.15, 0.2) is 21.3 Å². The van der Waals surface area contributed by atoms with Gasteiger partial charge in [-0.05, 0) is 58.2 Å². The smallest absolute Gasteiger partial charge is 0.350 e. The highest BCUT2D eigenvalue weighted by Gasteiger charge is 2.56. The van der Waals surface area contributed by atoms with Crippen LogP contribution in [0.4, 0.5) is 11.4 Å². The van der Waals surface area contributed by atoms with Crippen LogP contribution in [-0.4, -0.2) is 44.6 Å². The molecule has 2 aromatic rings. The summed E-state index contributed by atoms with van der Waals surface area (Å²) in [6.45, 7) is 5.43. The summed E-state index contributed by atoms with van der Waals surface area (Å²) < 4.78 is 17.5. The number of nitrogens with one attached hydrogen (secondary N) is 1. The van der Waals surface area contributed by atoms with Crippen LogP contribution in [0.1, 0.15) is 51.2 Å². The van der Waals surface area contributed by atoms with Gasteiger partial charge in [0.15, 0.2) is 5.60 Å². The number of nitrogens with zero attached hydrogens (tertiary/aromatic N) is 3. The van der Waals surface area contributed by atoms with Gasteiger partial charge in [0.1, 0.15) is 5.69 Å². The Kier molecular flexibility index (Phi) is 7.94. The van der Waals surface area contributed by atoms with Gasteiger partial charge < -0.3 is 19.5 Å². The fourth-order valence-corrected chi connectivity index (χ4v) is 4.02. The number of aromatic nitrogens is 2. The molecule has 36 heavy (non-hydrogen) atoms. The largest absolute Gasteiger partial charge is 0.463 e. The summed E-state index contributed by atoms with van der Waals surface area (Å²) >= 11 is 6.55. The van der Waals surface area contributed by atoms with Gasteiger partial charge in [-0.3, -0.25) is 14.9 Å². The molecule has 2 fully saturated rings. The Morgan fingerprint density at radius 3 is 2.33 bits per heavy atom. The van der Waals surface area contributed by atoms with Crippen molar-refractivity contribution >= 4 is 55.1 Å². The number of rotatable bonds is 5. The molecule has 0 aromatic carbocycles. The number of carbonyl (C=O) groups is 2. The van der Waals surface area contributed by atoms with Gasteiger partial charge in [-0.15, -0.1) is 0 Å². The maximum Gasteiger partial charge on any atom is 0.350 e. The Labute approximate surface area is 224 Å². The van der Waals surface area contributed by atoms with Crippen LogP contribution >= 0.6 is 31.9 Å². The molecule has 1 N–H and O–H groups in total. The van der Waals surface area contributed by atoms with E-state index >= 15 is 0 Å². The molecule has 11 nitrogen and oxygen atoms in total. The summed E-state index contributed by atoms with van der Waals surface area (Å²) in [6.07, 6.45) is 5.63. The van der Waals surface area contributed by atoms with Crippen molar-refractivity contribution in [1.29, 1.82) is 0 Å². The minimum absolute atomic E-state index is 0. The lowest BCUT2D eigenvalue weighted by atomic mass is 10.2. The Morgan fingerprint density at radius 2 is 1.78 bits per heavy atom. The van der Waals surface area contributed by atoms with Crippen LogP contribution in [0.3, 0.4) is 0 Å². The summed E-state index contributed by atoms with van der Waals surface area (Å²) in [7, 11) is 0. The Morgan fingerprint density at radius 1 is 1.17 bits per heavy atom. The van der Waals surface area contributed by atoms with E-state index in [1.54, 1.807) is 20.0 Å². The van der Waals surface area contributed by atoms with Crippen molar-refractivity contribution in [2.75, 3.05) is 11.9 Å². The highest BCUT2D eigenvalue weighted by Crippen LogP contribution is 2.47. The van der Waals surface area contributed by atoms with Crippen molar-refractivity contribution in [2.24, 2.45) is 0 Å². The topological polar surface area (TPSA) is 143 Å². The Balaban J connectivity index is 0.000000202. The van der Waals surface area contributed by atoms with Gasteiger partial charge in [0.25, 0.3) is 11.8 Å². The van der Waals surface area contributed by atoms with E-state index in [4.69, 9.17) is 14.2 Å². The molecule has 1 amide bonds. The van der Waals surface area contributed by atoms with Crippen molar-refractivity contribution < 1.29 is 28.7 Å². The third-order valence-corrected chi connectivity index (χ3v) is 7.53. The highest BCUT2D eigenvalue weighted by atomic mass is 79.9. The summed E-state index contributed by atoms with van der Waals surface area (Å²) in [6, 6.07) is 0. The van der Waals surface area contributed by atoms with Crippen molar-refractivity contribution in [3.8, 4) is 11.8 Å².